The third-order valence-corrected chi connectivity index (χ3v) is 5.95. The first kappa shape index (κ1) is 19.9. The lowest BCUT2D eigenvalue weighted by atomic mass is 10.2. The molecule has 1 fully saturated rings. The van der Waals surface area contributed by atoms with E-state index in [1.165, 1.54) is 36.3 Å². The third-order valence-electron chi connectivity index (χ3n) is 4.22. The molecule has 148 valence electrons. The lowest BCUT2D eigenvalue weighted by Gasteiger charge is -2.18. The minimum atomic E-state index is -4.26. The largest absolute Gasteiger partial charge is 0.497 e. The number of nitro groups is 1. The van der Waals surface area contributed by atoms with Crippen molar-refractivity contribution < 1.29 is 22.9 Å². The minimum Gasteiger partial charge on any atom is -0.497 e. The molecule has 3 rings (SSSR count). The van der Waals surface area contributed by atoms with Crippen molar-refractivity contribution in [2.75, 3.05) is 23.3 Å². The number of rotatable bonds is 6. The van der Waals surface area contributed by atoms with E-state index in [0.717, 1.165) is 18.6 Å². The van der Waals surface area contributed by atoms with Crippen LogP contribution in [0.2, 0.25) is 5.02 Å². The van der Waals surface area contributed by atoms with Crippen LogP contribution in [0.3, 0.4) is 0 Å². The average Bonchev–Trinajstić information content (AvgIpc) is 3.06. The first-order chi connectivity index (χ1) is 13.2. The second-order valence-electron chi connectivity index (χ2n) is 6.01. The number of benzene rings is 2. The molecule has 0 aromatic heterocycles. The Bertz CT molecular complexity index is 1060. The number of anilines is 2. The van der Waals surface area contributed by atoms with Gasteiger partial charge in [-0.1, -0.05) is 11.6 Å². The third kappa shape index (κ3) is 3.87. The Labute approximate surface area is 166 Å². The molecule has 0 unspecified atom stereocenters. The number of carbonyl (C=O) groups is 1. The van der Waals surface area contributed by atoms with Crippen molar-refractivity contribution in [1.29, 1.82) is 0 Å². The van der Waals surface area contributed by atoms with Crippen molar-refractivity contribution in [3.63, 3.8) is 0 Å². The lowest BCUT2D eigenvalue weighted by Crippen LogP contribution is -2.24. The molecule has 2 aromatic carbocycles. The smallest absolute Gasteiger partial charge is 0.293 e. The summed E-state index contributed by atoms with van der Waals surface area (Å²) in [7, 11) is -2.94. The molecule has 0 radical (unpaired) electrons. The maximum atomic E-state index is 12.7. The van der Waals surface area contributed by atoms with Gasteiger partial charge in [-0.3, -0.25) is 19.6 Å². The number of carbonyl (C=O) groups excluding carboxylic acids is 1. The Kier molecular flexibility index (Phi) is 5.43. The fourth-order valence-corrected chi connectivity index (χ4v) is 4.38. The van der Waals surface area contributed by atoms with Gasteiger partial charge in [0.25, 0.3) is 15.7 Å². The summed E-state index contributed by atoms with van der Waals surface area (Å²) in [6.07, 6.45) is 1.16. The van der Waals surface area contributed by atoms with Gasteiger partial charge in [-0.25, -0.2) is 8.42 Å². The van der Waals surface area contributed by atoms with E-state index in [4.69, 9.17) is 16.3 Å². The van der Waals surface area contributed by atoms with Gasteiger partial charge in [-0.15, -0.1) is 0 Å². The molecule has 1 aliphatic heterocycles. The summed E-state index contributed by atoms with van der Waals surface area (Å²) >= 11 is 6.22. The predicted molar refractivity (Wildman–Crippen MR) is 103 cm³/mol. The van der Waals surface area contributed by atoms with Crippen LogP contribution in [0.15, 0.2) is 41.3 Å². The van der Waals surface area contributed by atoms with Crippen LogP contribution in [0.1, 0.15) is 12.8 Å². The minimum absolute atomic E-state index is 0.0518. The van der Waals surface area contributed by atoms with Crippen LogP contribution < -0.4 is 14.4 Å². The summed E-state index contributed by atoms with van der Waals surface area (Å²) in [5.41, 5.74) is -0.00900. The zero-order chi connectivity index (χ0) is 20.5. The van der Waals surface area contributed by atoms with Crippen molar-refractivity contribution in [1.82, 2.24) is 0 Å². The topological polar surface area (TPSA) is 119 Å². The highest BCUT2D eigenvalue weighted by molar-refractivity contribution is 7.92. The molecule has 11 heteroatoms. The number of hydrogen-bond acceptors (Lipinski definition) is 6. The van der Waals surface area contributed by atoms with E-state index in [1.807, 2.05) is 0 Å². The van der Waals surface area contributed by atoms with E-state index in [9.17, 15) is 23.3 Å². The van der Waals surface area contributed by atoms with Crippen molar-refractivity contribution in [3.05, 3.63) is 51.5 Å². The number of hydrogen-bond donors (Lipinski definition) is 1. The fourth-order valence-electron chi connectivity index (χ4n) is 2.90. The number of nitrogens with zero attached hydrogens (tertiary/aromatic N) is 2. The first-order valence-electron chi connectivity index (χ1n) is 8.18. The highest BCUT2D eigenvalue weighted by atomic mass is 35.5. The van der Waals surface area contributed by atoms with Gasteiger partial charge in [-0.05, 0) is 36.8 Å². The molecule has 1 N–H and O–H groups in total. The molecule has 9 nitrogen and oxygen atoms in total. The Morgan fingerprint density at radius 1 is 1.25 bits per heavy atom. The van der Waals surface area contributed by atoms with Crippen molar-refractivity contribution in [3.8, 4) is 5.75 Å². The first-order valence-corrected chi connectivity index (χ1v) is 10.0. The van der Waals surface area contributed by atoms with Crippen LogP contribution in [-0.2, 0) is 14.8 Å². The summed E-state index contributed by atoms with van der Waals surface area (Å²) < 4.78 is 32.5. The normalized spacial score (nSPS) is 14.2. The van der Waals surface area contributed by atoms with Gasteiger partial charge in [0.05, 0.1) is 34.5 Å². The molecule has 2 aromatic rings. The maximum Gasteiger partial charge on any atom is 0.293 e. The molecule has 1 saturated heterocycles. The molecule has 0 atom stereocenters. The van der Waals surface area contributed by atoms with Gasteiger partial charge in [0, 0.05) is 13.0 Å². The predicted octanol–water partition coefficient (Wildman–Crippen LogP) is 3.18. The van der Waals surface area contributed by atoms with Crippen LogP contribution >= 0.6 is 11.6 Å². The number of halogens is 1. The Balaban J connectivity index is 1.92. The quantitative estimate of drug-likeness (QED) is 0.560. The zero-order valence-corrected chi connectivity index (χ0v) is 16.3. The van der Waals surface area contributed by atoms with Gasteiger partial charge in [0.2, 0.25) is 5.91 Å². The van der Waals surface area contributed by atoms with Gasteiger partial charge in [0.15, 0.2) is 4.90 Å². The molecule has 0 aliphatic carbocycles. The lowest BCUT2D eigenvalue weighted by molar-refractivity contribution is -0.387. The second kappa shape index (κ2) is 7.64. The van der Waals surface area contributed by atoms with E-state index >= 15 is 0 Å². The summed E-state index contributed by atoms with van der Waals surface area (Å²) in [5.74, 6) is 0.109. The SMILES string of the molecule is COc1ccc(S(=O)(=O)Nc2ccc(N3CCCC3=O)c(Cl)c2)c([N+](=O)[O-])c1. The number of ether oxygens (including phenoxy) is 1. The van der Waals surface area contributed by atoms with Gasteiger partial charge in [0.1, 0.15) is 5.75 Å². The van der Waals surface area contributed by atoms with Crippen LogP contribution in [0.4, 0.5) is 17.1 Å². The second-order valence-corrected chi connectivity index (χ2v) is 8.07. The Morgan fingerprint density at radius 3 is 2.57 bits per heavy atom. The number of methoxy groups -OCH3 is 1. The zero-order valence-electron chi connectivity index (χ0n) is 14.7. The van der Waals surface area contributed by atoms with E-state index in [2.05, 4.69) is 4.72 Å². The van der Waals surface area contributed by atoms with E-state index in [-0.39, 0.29) is 22.4 Å². The molecule has 1 heterocycles. The molecule has 1 amide bonds. The summed E-state index contributed by atoms with van der Waals surface area (Å²) in [4.78, 5) is 23.4. The molecule has 0 bridgehead atoms. The highest BCUT2D eigenvalue weighted by Crippen LogP contribution is 2.34. The van der Waals surface area contributed by atoms with Crippen molar-refractivity contribution >= 4 is 44.6 Å². The number of sulfonamides is 1. The Hall–Kier alpha value is -2.85. The van der Waals surface area contributed by atoms with E-state index < -0.39 is 25.5 Å². The van der Waals surface area contributed by atoms with Gasteiger partial charge in [-0.2, -0.15) is 0 Å². The van der Waals surface area contributed by atoms with E-state index in [1.54, 1.807) is 0 Å². The molecule has 0 spiro atoms. The van der Waals surface area contributed by atoms with Crippen LogP contribution in [0, 0.1) is 10.1 Å². The summed E-state index contributed by atoms with van der Waals surface area (Å²) in [6.45, 7) is 0.543. The van der Waals surface area contributed by atoms with Crippen LogP contribution in [0.5, 0.6) is 5.75 Å². The van der Waals surface area contributed by atoms with Crippen LogP contribution in [0.25, 0.3) is 0 Å². The Morgan fingerprint density at radius 2 is 2.00 bits per heavy atom. The molecular formula is C17H16ClN3O6S. The van der Waals surface area contributed by atoms with Gasteiger partial charge < -0.3 is 9.64 Å². The molecule has 0 saturated carbocycles. The molecule has 28 heavy (non-hydrogen) atoms. The summed E-state index contributed by atoms with van der Waals surface area (Å²) in [6, 6.07) is 7.78. The van der Waals surface area contributed by atoms with Crippen LogP contribution in [-0.4, -0.2) is 32.9 Å². The monoisotopic (exact) mass is 425 g/mol. The molecular weight excluding hydrogens is 410 g/mol. The number of amides is 1. The average molecular weight is 426 g/mol. The van der Waals surface area contributed by atoms with Crippen molar-refractivity contribution in [2.24, 2.45) is 0 Å². The van der Waals surface area contributed by atoms with Crippen molar-refractivity contribution in [2.45, 2.75) is 17.7 Å². The maximum absolute atomic E-state index is 12.7. The summed E-state index contributed by atoms with van der Waals surface area (Å²) in [5, 5.41) is 11.5. The number of nitrogens with one attached hydrogen (secondary N) is 1. The van der Waals surface area contributed by atoms with E-state index in [0.29, 0.717) is 18.7 Å². The standard InChI is InChI=1S/C17H16ClN3O6S/c1-27-12-5-7-16(15(10-12)21(23)24)28(25,26)19-11-4-6-14(13(18)9-11)20-8-2-3-17(20)22/h4-7,9-10,19H,2-3,8H2,1H3. The number of nitro benzene ring substituents is 1. The molecule has 1 aliphatic rings. The fraction of sp³-hybridized carbons (Fsp3) is 0.235. The highest BCUT2D eigenvalue weighted by Gasteiger charge is 2.28. The van der Waals surface area contributed by atoms with Gasteiger partial charge >= 0.3 is 0 Å².